The smallest absolute Gasteiger partial charge is 0.137 e. The van der Waals surface area contributed by atoms with E-state index in [2.05, 4.69) is 29.5 Å². The Morgan fingerprint density at radius 1 is 1.13 bits per heavy atom. The van der Waals surface area contributed by atoms with Gasteiger partial charge in [0, 0.05) is 19.0 Å². The number of hydrogen-bond donors (Lipinski definition) is 1. The summed E-state index contributed by atoms with van der Waals surface area (Å²) in [6.45, 7) is 6.84. The van der Waals surface area contributed by atoms with Gasteiger partial charge < -0.3 is 10.2 Å². The first-order chi connectivity index (χ1) is 15.1. The van der Waals surface area contributed by atoms with Crippen molar-refractivity contribution in [3.05, 3.63) is 59.1 Å². The van der Waals surface area contributed by atoms with E-state index in [0.29, 0.717) is 16.6 Å². The first-order valence-corrected chi connectivity index (χ1v) is 11.8. The van der Waals surface area contributed by atoms with Crippen LogP contribution in [0.4, 0.5) is 5.69 Å². The highest BCUT2D eigenvalue weighted by molar-refractivity contribution is 7.82. The average Bonchev–Trinajstić information content (AvgIpc) is 3.12. The number of anilines is 1. The molecule has 2 heterocycles. The summed E-state index contributed by atoms with van der Waals surface area (Å²) in [4.78, 5) is 0.694. The van der Waals surface area contributed by atoms with Crippen LogP contribution in [-0.4, -0.2) is 35.4 Å². The molecule has 4 rings (SSSR count). The number of para-hydroxylation sites is 1. The van der Waals surface area contributed by atoms with Crippen molar-refractivity contribution >= 4 is 40.2 Å². The maximum Gasteiger partial charge on any atom is 0.137 e. The van der Waals surface area contributed by atoms with E-state index in [9.17, 15) is 0 Å². The molecule has 0 aliphatic carbocycles. The Bertz CT molecular complexity index is 943. The van der Waals surface area contributed by atoms with Crippen molar-refractivity contribution < 1.29 is 4.74 Å². The van der Waals surface area contributed by atoms with Gasteiger partial charge in [-0.25, -0.2) is 5.01 Å². The number of halogens is 1. The molecule has 164 valence electrons. The Labute approximate surface area is 195 Å². The van der Waals surface area contributed by atoms with E-state index in [1.165, 1.54) is 19.3 Å². The van der Waals surface area contributed by atoms with E-state index >= 15 is 0 Å². The second-order valence-electron chi connectivity index (χ2n) is 8.01. The summed E-state index contributed by atoms with van der Waals surface area (Å²) in [6.07, 6.45) is 3.67. The van der Waals surface area contributed by atoms with Gasteiger partial charge in [0.2, 0.25) is 0 Å². The number of piperidine rings is 1. The maximum absolute atomic E-state index is 6.57. The molecule has 0 bridgehead atoms. The first-order valence-electron chi connectivity index (χ1n) is 11.0. The van der Waals surface area contributed by atoms with Gasteiger partial charge in [0.05, 0.1) is 23.4 Å². The minimum Gasteiger partial charge on any atom is -0.494 e. The van der Waals surface area contributed by atoms with Crippen LogP contribution in [0.3, 0.4) is 0 Å². The van der Waals surface area contributed by atoms with Crippen LogP contribution in [0.25, 0.3) is 0 Å². The lowest BCUT2D eigenvalue weighted by atomic mass is 9.91. The molecule has 1 N–H and O–H groups in total. The molecule has 2 aromatic carbocycles. The highest BCUT2D eigenvalue weighted by atomic mass is 35.5. The zero-order chi connectivity index (χ0) is 21.8. The number of hydrazone groups is 1. The van der Waals surface area contributed by atoms with Gasteiger partial charge in [0.15, 0.2) is 0 Å². The van der Waals surface area contributed by atoms with Gasteiger partial charge in [0.25, 0.3) is 0 Å². The van der Waals surface area contributed by atoms with E-state index in [1.54, 1.807) is 0 Å². The lowest BCUT2D eigenvalue weighted by Gasteiger charge is -2.29. The third-order valence-electron chi connectivity index (χ3n) is 5.86. The molecule has 2 aromatic rings. The molecular formula is C24H29ClN4OS. The molecule has 0 aromatic heterocycles. The Morgan fingerprint density at radius 3 is 2.52 bits per heavy atom. The molecule has 2 aliphatic rings. The van der Waals surface area contributed by atoms with Crippen LogP contribution in [0.1, 0.15) is 44.7 Å². The zero-order valence-electron chi connectivity index (χ0n) is 18.1. The average molecular weight is 457 g/mol. The van der Waals surface area contributed by atoms with Gasteiger partial charge in [-0.1, -0.05) is 61.4 Å². The van der Waals surface area contributed by atoms with Crippen LogP contribution >= 0.6 is 23.8 Å². The van der Waals surface area contributed by atoms with Gasteiger partial charge in [-0.15, -0.1) is 0 Å². The van der Waals surface area contributed by atoms with Gasteiger partial charge in [-0.3, -0.25) is 5.01 Å². The summed E-state index contributed by atoms with van der Waals surface area (Å²) < 4.78 is 5.63. The molecule has 0 amide bonds. The third-order valence-corrected chi connectivity index (χ3v) is 6.48. The van der Waals surface area contributed by atoms with Crippen LogP contribution in [0, 0.1) is 5.92 Å². The van der Waals surface area contributed by atoms with Crippen molar-refractivity contribution in [1.82, 2.24) is 10.4 Å². The fraction of sp³-hybridized carbons (Fsp3) is 0.417. The number of ether oxygens (including phenoxy) is 1. The van der Waals surface area contributed by atoms with Crippen LogP contribution in [-0.2, 0) is 0 Å². The van der Waals surface area contributed by atoms with E-state index < -0.39 is 0 Å². The summed E-state index contributed by atoms with van der Waals surface area (Å²) in [5.74, 6) is 0.962. The molecule has 31 heavy (non-hydrogen) atoms. The standard InChI is InChI=1S/C24H29ClN4OS/c1-3-30-19-13-11-18(12-14-19)23-17(2)22(24(31)27-28-15-7-4-8-16-28)26-29(23)21-10-6-5-9-20(21)25/h5-6,9-14,17,23H,3-4,7-8,15-16H2,1-2H3,(H,27,31)/t17-,23-/m0/s1. The summed E-state index contributed by atoms with van der Waals surface area (Å²) in [7, 11) is 0. The largest absolute Gasteiger partial charge is 0.494 e. The normalized spacial score (nSPS) is 21.6. The van der Waals surface area contributed by atoms with Crippen LogP contribution in [0.5, 0.6) is 5.75 Å². The number of nitrogens with zero attached hydrogens (tertiary/aromatic N) is 3. The van der Waals surface area contributed by atoms with Crippen LogP contribution < -0.4 is 15.2 Å². The lowest BCUT2D eigenvalue weighted by molar-refractivity contribution is 0.197. The minimum atomic E-state index is -0.00770. The Hall–Kier alpha value is -2.15. The van der Waals surface area contributed by atoms with Crippen molar-refractivity contribution in [2.75, 3.05) is 24.7 Å². The van der Waals surface area contributed by atoms with E-state index in [4.69, 9.17) is 33.7 Å². The summed E-state index contributed by atoms with van der Waals surface area (Å²) in [5, 5.41) is 9.89. The molecule has 5 nitrogen and oxygen atoms in total. The van der Waals surface area contributed by atoms with Crippen molar-refractivity contribution in [2.24, 2.45) is 11.0 Å². The molecule has 2 atom stereocenters. The monoisotopic (exact) mass is 456 g/mol. The number of benzene rings is 2. The van der Waals surface area contributed by atoms with Gasteiger partial charge >= 0.3 is 0 Å². The Kier molecular flexibility index (Phi) is 7.10. The number of hydrazine groups is 1. The number of thiocarbonyl (C=S) groups is 1. The molecule has 1 saturated heterocycles. The number of rotatable bonds is 6. The Balaban J connectivity index is 1.64. The SMILES string of the molecule is CCOc1ccc([C@@H]2[C@@H](C)C(C(=S)NN3CCCCC3)=NN2c2ccccc2Cl)cc1. The van der Waals surface area contributed by atoms with E-state index in [-0.39, 0.29) is 12.0 Å². The molecule has 0 radical (unpaired) electrons. The molecule has 1 fully saturated rings. The molecule has 0 unspecified atom stereocenters. The van der Waals surface area contributed by atoms with E-state index in [1.807, 2.05) is 48.3 Å². The topological polar surface area (TPSA) is 40.1 Å². The second kappa shape index (κ2) is 9.98. The van der Waals surface area contributed by atoms with Crippen LogP contribution in [0.2, 0.25) is 5.02 Å². The number of hydrogen-bond acceptors (Lipinski definition) is 5. The third kappa shape index (κ3) is 4.86. The zero-order valence-corrected chi connectivity index (χ0v) is 19.6. The van der Waals surface area contributed by atoms with E-state index in [0.717, 1.165) is 35.8 Å². The van der Waals surface area contributed by atoms with Crippen molar-refractivity contribution in [3.8, 4) is 5.75 Å². The van der Waals surface area contributed by atoms with Gasteiger partial charge in [-0.05, 0) is 49.6 Å². The van der Waals surface area contributed by atoms with Crippen molar-refractivity contribution in [3.63, 3.8) is 0 Å². The van der Waals surface area contributed by atoms with Gasteiger partial charge in [-0.2, -0.15) is 5.10 Å². The van der Waals surface area contributed by atoms with Crippen molar-refractivity contribution in [1.29, 1.82) is 0 Å². The highest BCUT2D eigenvalue weighted by Crippen LogP contribution is 2.42. The lowest BCUT2D eigenvalue weighted by Crippen LogP contribution is -2.47. The predicted octanol–water partition coefficient (Wildman–Crippen LogP) is 5.61. The predicted molar refractivity (Wildman–Crippen MR) is 132 cm³/mol. The summed E-state index contributed by atoms with van der Waals surface area (Å²) in [5.41, 5.74) is 6.35. The Morgan fingerprint density at radius 2 is 1.84 bits per heavy atom. The number of nitrogens with one attached hydrogen (secondary N) is 1. The summed E-state index contributed by atoms with van der Waals surface area (Å²) >= 11 is 12.4. The highest BCUT2D eigenvalue weighted by Gasteiger charge is 2.39. The fourth-order valence-electron chi connectivity index (χ4n) is 4.29. The molecule has 7 heteroatoms. The minimum absolute atomic E-state index is 0.00770. The quantitative estimate of drug-likeness (QED) is 0.572. The fourth-order valence-corrected chi connectivity index (χ4v) is 4.87. The molecular weight excluding hydrogens is 428 g/mol. The molecule has 2 aliphatic heterocycles. The molecule has 0 spiro atoms. The van der Waals surface area contributed by atoms with Crippen LogP contribution in [0.15, 0.2) is 53.6 Å². The van der Waals surface area contributed by atoms with Crippen molar-refractivity contribution in [2.45, 2.75) is 39.2 Å². The maximum atomic E-state index is 6.57. The summed E-state index contributed by atoms with van der Waals surface area (Å²) in [6, 6.07) is 16.1. The molecule has 0 saturated carbocycles. The first kappa shape index (κ1) is 22.1. The second-order valence-corrected chi connectivity index (χ2v) is 8.82. The van der Waals surface area contributed by atoms with Gasteiger partial charge in [0.1, 0.15) is 16.4 Å².